The highest BCUT2D eigenvalue weighted by atomic mass is 19.1. The predicted octanol–water partition coefficient (Wildman–Crippen LogP) is 3.29. The van der Waals surface area contributed by atoms with Gasteiger partial charge in [0.05, 0.1) is 20.4 Å². The predicted molar refractivity (Wildman–Crippen MR) is 105 cm³/mol. The maximum Gasteiger partial charge on any atom is 0.244 e. The molecule has 0 saturated heterocycles. The van der Waals surface area contributed by atoms with Crippen LogP contribution in [0.15, 0.2) is 48.7 Å². The molecule has 0 radical (unpaired) electrons. The van der Waals surface area contributed by atoms with Crippen LogP contribution in [0.5, 0.6) is 11.5 Å². The van der Waals surface area contributed by atoms with E-state index in [1.54, 1.807) is 32.4 Å². The van der Waals surface area contributed by atoms with Gasteiger partial charge in [0.25, 0.3) is 0 Å². The first-order valence-corrected chi connectivity index (χ1v) is 8.81. The zero-order valence-corrected chi connectivity index (χ0v) is 15.8. The van der Waals surface area contributed by atoms with Crippen molar-refractivity contribution in [3.05, 3.63) is 65.6 Å². The summed E-state index contributed by atoms with van der Waals surface area (Å²) in [5.41, 5.74) is 1.65. The minimum Gasteiger partial charge on any atom is -0.493 e. The first-order chi connectivity index (χ1) is 13.7. The first-order valence-electron chi connectivity index (χ1n) is 8.81. The molecule has 0 spiro atoms. The van der Waals surface area contributed by atoms with Crippen LogP contribution in [0.25, 0.3) is 0 Å². The van der Waals surface area contributed by atoms with Gasteiger partial charge in [-0.2, -0.15) is 10.1 Å². The first kappa shape index (κ1) is 19.3. The van der Waals surface area contributed by atoms with E-state index in [0.29, 0.717) is 41.9 Å². The molecular weight excluding hydrogens is 361 g/mol. The zero-order chi connectivity index (χ0) is 19.8. The largest absolute Gasteiger partial charge is 0.493 e. The number of benzene rings is 2. The summed E-state index contributed by atoms with van der Waals surface area (Å²) in [4.78, 5) is 4.35. The molecule has 0 aliphatic rings. The van der Waals surface area contributed by atoms with Crippen LogP contribution in [0.1, 0.15) is 11.1 Å². The Morgan fingerprint density at radius 1 is 1.00 bits per heavy atom. The monoisotopic (exact) mass is 383 g/mol. The summed E-state index contributed by atoms with van der Waals surface area (Å²) < 4.78 is 24.2. The average Bonchev–Trinajstić information content (AvgIpc) is 2.73. The van der Waals surface area contributed by atoms with Gasteiger partial charge < -0.3 is 20.1 Å². The van der Waals surface area contributed by atoms with Crippen LogP contribution >= 0.6 is 0 Å². The number of nitrogens with zero attached hydrogens (tertiary/aromatic N) is 3. The van der Waals surface area contributed by atoms with Gasteiger partial charge in [0.15, 0.2) is 17.3 Å². The number of aromatic nitrogens is 3. The Balaban J connectivity index is 1.54. The molecule has 0 amide bonds. The Bertz CT molecular complexity index is 923. The normalized spacial score (nSPS) is 10.4. The van der Waals surface area contributed by atoms with Crippen molar-refractivity contribution in [3.63, 3.8) is 0 Å². The average molecular weight is 383 g/mol. The number of rotatable bonds is 9. The van der Waals surface area contributed by atoms with Gasteiger partial charge in [-0.1, -0.05) is 24.3 Å². The van der Waals surface area contributed by atoms with Gasteiger partial charge in [-0.15, -0.1) is 5.10 Å². The van der Waals surface area contributed by atoms with E-state index >= 15 is 0 Å². The Morgan fingerprint density at radius 2 is 1.82 bits per heavy atom. The van der Waals surface area contributed by atoms with E-state index < -0.39 is 0 Å². The smallest absolute Gasteiger partial charge is 0.244 e. The van der Waals surface area contributed by atoms with Crippen LogP contribution in [0.4, 0.5) is 16.2 Å². The van der Waals surface area contributed by atoms with E-state index in [9.17, 15) is 4.39 Å². The van der Waals surface area contributed by atoms with Crippen LogP contribution in [-0.2, 0) is 13.0 Å². The standard InChI is InChI=1S/C20H22FN5O2/c1-27-17-8-7-14(11-18(17)28-2)9-10-22-20-25-19(13-24-26-20)23-12-15-5-3-4-6-16(15)21/h3-8,11,13H,9-10,12H2,1-2H3,(H2,22,23,25,26). The number of hydrogen-bond donors (Lipinski definition) is 2. The molecule has 2 aromatic carbocycles. The summed E-state index contributed by atoms with van der Waals surface area (Å²) in [7, 11) is 3.22. The summed E-state index contributed by atoms with van der Waals surface area (Å²) in [6, 6.07) is 12.4. The topological polar surface area (TPSA) is 81.2 Å². The number of nitrogens with one attached hydrogen (secondary N) is 2. The van der Waals surface area contributed by atoms with Crippen LogP contribution in [0, 0.1) is 5.82 Å². The van der Waals surface area contributed by atoms with Crippen molar-refractivity contribution < 1.29 is 13.9 Å². The van der Waals surface area contributed by atoms with Gasteiger partial charge in [-0.3, -0.25) is 0 Å². The number of hydrogen-bond acceptors (Lipinski definition) is 7. The van der Waals surface area contributed by atoms with E-state index in [2.05, 4.69) is 25.8 Å². The third-order valence-corrected chi connectivity index (χ3v) is 4.12. The van der Waals surface area contributed by atoms with E-state index in [1.807, 2.05) is 18.2 Å². The minimum atomic E-state index is -0.259. The molecule has 3 rings (SSSR count). The van der Waals surface area contributed by atoms with Crippen LogP contribution in [0.2, 0.25) is 0 Å². The molecular formula is C20H22FN5O2. The third kappa shape index (κ3) is 5.06. The molecule has 3 aromatic rings. The summed E-state index contributed by atoms with van der Waals surface area (Å²) in [6.45, 7) is 0.935. The van der Waals surface area contributed by atoms with Crippen molar-refractivity contribution in [2.24, 2.45) is 0 Å². The number of methoxy groups -OCH3 is 2. The molecule has 28 heavy (non-hydrogen) atoms. The Morgan fingerprint density at radius 3 is 2.61 bits per heavy atom. The lowest BCUT2D eigenvalue weighted by Gasteiger charge is -2.10. The summed E-state index contributed by atoms with van der Waals surface area (Å²) in [6.07, 6.45) is 2.25. The summed E-state index contributed by atoms with van der Waals surface area (Å²) in [5, 5.41) is 14.1. The molecule has 0 aliphatic heterocycles. The van der Waals surface area contributed by atoms with Crippen LogP contribution < -0.4 is 20.1 Å². The van der Waals surface area contributed by atoms with E-state index in [-0.39, 0.29) is 5.82 Å². The molecule has 0 aliphatic carbocycles. The highest BCUT2D eigenvalue weighted by Gasteiger charge is 2.06. The molecule has 0 saturated carbocycles. The Kier molecular flexibility index (Phi) is 6.56. The lowest BCUT2D eigenvalue weighted by atomic mass is 10.1. The fourth-order valence-corrected chi connectivity index (χ4v) is 2.65. The SMILES string of the molecule is COc1ccc(CCNc2nncc(NCc3ccccc3F)n2)cc1OC. The summed E-state index contributed by atoms with van der Waals surface area (Å²) in [5.74, 6) is 2.05. The maximum atomic E-state index is 13.7. The van der Waals surface area contributed by atoms with Gasteiger partial charge in [0.2, 0.25) is 5.95 Å². The molecule has 0 bridgehead atoms. The maximum absolute atomic E-state index is 13.7. The van der Waals surface area contributed by atoms with Gasteiger partial charge in [-0.25, -0.2) is 4.39 Å². The molecule has 2 N–H and O–H groups in total. The zero-order valence-electron chi connectivity index (χ0n) is 15.8. The molecule has 0 atom stereocenters. The highest BCUT2D eigenvalue weighted by Crippen LogP contribution is 2.27. The van der Waals surface area contributed by atoms with Crippen molar-refractivity contribution in [3.8, 4) is 11.5 Å². The fourth-order valence-electron chi connectivity index (χ4n) is 2.65. The van der Waals surface area contributed by atoms with Crippen molar-refractivity contribution in [1.29, 1.82) is 0 Å². The van der Waals surface area contributed by atoms with Crippen molar-refractivity contribution >= 4 is 11.8 Å². The molecule has 1 aromatic heterocycles. The minimum absolute atomic E-state index is 0.259. The molecule has 0 unspecified atom stereocenters. The fraction of sp³-hybridized carbons (Fsp3) is 0.250. The van der Waals surface area contributed by atoms with Crippen LogP contribution in [0.3, 0.4) is 0 Å². The molecule has 1 heterocycles. The van der Waals surface area contributed by atoms with E-state index in [0.717, 1.165) is 12.0 Å². The number of ether oxygens (including phenoxy) is 2. The third-order valence-electron chi connectivity index (χ3n) is 4.12. The quantitative estimate of drug-likeness (QED) is 0.587. The second-order valence-electron chi connectivity index (χ2n) is 5.98. The van der Waals surface area contributed by atoms with Crippen molar-refractivity contribution in [1.82, 2.24) is 15.2 Å². The Hall–Kier alpha value is -3.42. The van der Waals surface area contributed by atoms with Crippen molar-refractivity contribution in [2.75, 3.05) is 31.4 Å². The molecule has 0 fully saturated rings. The molecule has 7 nitrogen and oxygen atoms in total. The van der Waals surface area contributed by atoms with E-state index in [1.165, 1.54) is 12.3 Å². The molecule has 8 heteroatoms. The second-order valence-corrected chi connectivity index (χ2v) is 5.98. The van der Waals surface area contributed by atoms with Crippen LogP contribution in [-0.4, -0.2) is 35.9 Å². The highest BCUT2D eigenvalue weighted by molar-refractivity contribution is 5.43. The Labute approximate surface area is 162 Å². The number of halogens is 1. The van der Waals surface area contributed by atoms with Gasteiger partial charge >= 0.3 is 0 Å². The van der Waals surface area contributed by atoms with E-state index in [4.69, 9.17) is 9.47 Å². The second kappa shape index (κ2) is 9.50. The molecule has 146 valence electrons. The number of anilines is 2. The lowest BCUT2D eigenvalue weighted by Crippen LogP contribution is -2.11. The summed E-state index contributed by atoms with van der Waals surface area (Å²) >= 11 is 0. The van der Waals surface area contributed by atoms with Gasteiger partial charge in [0, 0.05) is 18.7 Å². The van der Waals surface area contributed by atoms with Gasteiger partial charge in [0.1, 0.15) is 5.82 Å². The lowest BCUT2D eigenvalue weighted by molar-refractivity contribution is 0.354. The van der Waals surface area contributed by atoms with Crippen molar-refractivity contribution in [2.45, 2.75) is 13.0 Å². The van der Waals surface area contributed by atoms with Gasteiger partial charge in [-0.05, 0) is 30.2 Å².